The molecule has 22 heavy (non-hydrogen) atoms. The molecule has 1 aromatic carbocycles. The molecule has 116 valence electrons. The number of aldehydes is 1. The van der Waals surface area contributed by atoms with Gasteiger partial charge in [-0.3, -0.25) is 9.59 Å². The van der Waals surface area contributed by atoms with E-state index in [1.54, 1.807) is 30.3 Å². The molecule has 0 saturated heterocycles. The molecule has 0 aliphatic rings. The number of nitrogens with one attached hydrogen (secondary N) is 1. The molecule has 1 N–H and O–H groups in total. The van der Waals surface area contributed by atoms with Gasteiger partial charge in [-0.25, -0.2) is 0 Å². The predicted molar refractivity (Wildman–Crippen MR) is 79.0 cm³/mol. The molecule has 0 spiro atoms. The molecule has 1 amide bonds. The number of hydrogen-bond donors (Lipinski definition) is 1. The highest BCUT2D eigenvalue weighted by atomic mass is 16.5. The Balaban J connectivity index is 1.87. The van der Waals surface area contributed by atoms with Crippen molar-refractivity contribution in [3.8, 4) is 11.5 Å². The number of carbonyl (C=O) groups is 2. The van der Waals surface area contributed by atoms with Crippen molar-refractivity contribution in [1.29, 1.82) is 0 Å². The third-order valence-corrected chi connectivity index (χ3v) is 2.82. The van der Waals surface area contributed by atoms with Crippen molar-refractivity contribution in [2.45, 2.75) is 13.5 Å². The van der Waals surface area contributed by atoms with E-state index in [1.807, 2.05) is 6.92 Å². The molecule has 2 rings (SSSR count). The summed E-state index contributed by atoms with van der Waals surface area (Å²) < 4.78 is 15.8. The van der Waals surface area contributed by atoms with Gasteiger partial charge in [0.05, 0.1) is 25.0 Å². The Morgan fingerprint density at radius 3 is 2.86 bits per heavy atom. The van der Waals surface area contributed by atoms with Gasteiger partial charge in [-0.05, 0) is 37.3 Å². The van der Waals surface area contributed by atoms with Crippen LogP contribution in [0.1, 0.15) is 23.0 Å². The van der Waals surface area contributed by atoms with E-state index in [4.69, 9.17) is 13.9 Å². The number of benzene rings is 1. The third kappa shape index (κ3) is 4.37. The molecule has 0 saturated carbocycles. The molecule has 0 bridgehead atoms. The molecule has 0 atom stereocenters. The molecule has 6 nitrogen and oxygen atoms in total. The lowest BCUT2D eigenvalue weighted by atomic mass is 10.2. The van der Waals surface area contributed by atoms with Crippen LogP contribution in [-0.2, 0) is 11.3 Å². The van der Waals surface area contributed by atoms with Crippen molar-refractivity contribution in [3.63, 3.8) is 0 Å². The molecule has 0 radical (unpaired) electrons. The van der Waals surface area contributed by atoms with Gasteiger partial charge in [0.2, 0.25) is 0 Å². The van der Waals surface area contributed by atoms with E-state index in [-0.39, 0.29) is 12.5 Å². The largest absolute Gasteiger partial charge is 0.494 e. The zero-order chi connectivity index (χ0) is 15.8. The minimum atomic E-state index is -0.304. The van der Waals surface area contributed by atoms with Gasteiger partial charge in [0, 0.05) is 0 Å². The Hall–Kier alpha value is -2.76. The molecule has 6 heteroatoms. The molecule has 1 heterocycles. The second-order valence-corrected chi connectivity index (χ2v) is 4.40. The number of ether oxygens (including phenoxy) is 2. The summed E-state index contributed by atoms with van der Waals surface area (Å²) in [6.45, 7) is 2.47. The van der Waals surface area contributed by atoms with Gasteiger partial charge >= 0.3 is 0 Å². The monoisotopic (exact) mass is 303 g/mol. The number of furan rings is 1. The molecule has 0 aliphatic carbocycles. The quantitative estimate of drug-likeness (QED) is 0.756. The molecule has 0 fully saturated rings. The normalized spacial score (nSPS) is 10.0. The standard InChI is InChI=1S/C16H17NO5/c1-2-20-13-5-6-15(12(8-13)10-18)22-11-16(19)17-9-14-4-3-7-21-14/h3-8,10H,2,9,11H2,1H3,(H,17,19). The van der Waals surface area contributed by atoms with Crippen molar-refractivity contribution in [2.24, 2.45) is 0 Å². The van der Waals surface area contributed by atoms with Crippen LogP contribution < -0.4 is 14.8 Å². The lowest BCUT2D eigenvalue weighted by Crippen LogP contribution is -2.28. The topological polar surface area (TPSA) is 77.8 Å². The fourth-order valence-corrected chi connectivity index (χ4v) is 1.80. The fourth-order valence-electron chi connectivity index (χ4n) is 1.80. The minimum absolute atomic E-state index is 0.185. The summed E-state index contributed by atoms with van der Waals surface area (Å²) >= 11 is 0. The van der Waals surface area contributed by atoms with Gasteiger partial charge < -0.3 is 19.2 Å². The third-order valence-electron chi connectivity index (χ3n) is 2.82. The van der Waals surface area contributed by atoms with E-state index in [0.717, 1.165) is 0 Å². The lowest BCUT2D eigenvalue weighted by molar-refractivity contribution is -0.123. The van der Waals surface area contributed by atoms with Crippen LogP contribution in [0.2, 0.25) is 0 Å². The Labute approximate surface area is 128 Å². The van der Waals surface area contributed by atoms with Crippen LogP contribution in [0.15, 0.2) is 41.0 Å². The van der Waals surface area contributed by atoms with Crippen LogP contribution in [0.25, 0.3) is 0 Å². The van der Waals surface area contributed by atoms with E-state index in [9.17, 15) is 9.59 Å². The predicted octanol–water partition coefficient (Wildman–Crippen LogP) is 2.19. The van der Waals surface area contributed by atoms with Crippen molar-refractivity contribution in [2.75, 3.05) is 13.2 Å². The maximum Gasteiger partial charge on any atom is 0.258 e. The Kier molecular flexibility index (Phi) is 5.59. The minimum Gasteiger partial charge on any atom is -0.494 e. The van der Waals surface area contributed by atoms with Crippen LogP contribution in [0.5, 0.6) is 11.5 Å². The first-order chi connectivity index (χ1) is 10.7. The fraction of sp³-hybridized carbons (Fsp3) is 0.250. The highest BCUT2D eigenvalue weighted by Gasteiger charge is 2.08. The summed E-state index contributed by atoms with van der Waals surface area (Å²) in [5, 5.41) is 2.65. The van der Waals surface area contributed by atoms with E-state index >= 15 is 0 Å². The molecular weight excluding hydrogens is 286 g/mol. The summed E-state index contributed by atoms with van der Waals surface area (Å²) in [5.41, 5.74) is 0.338. The van der Waals surface area contributed by atoms with Gasteiger partial charge in [-0.2, -0.15) is 0 Å². The second kappa shape index (κ2) is 7.87. The SMILES string of the molecule is CCOc1ccc(OCC(=O)NCc2ccco2)c(C=O)c1. The zero-order valence-electron chi connectivity index (χ0n) is 12.2. The summed E-state index contributed by atoms with van der Waals surface area (Å²) in [4.78, 5) is 22.8. The Morgan fingerprint density at radius 2 is 2.18 bits per heavy atom. The van der Waals surface area contributed by atoms with Gasteiger partial charge in [0.25, 0.3) is 5.91 Å². The Bertz CT molecular complexity index is 621. The van der Waals surface area contributed by atoms with Gasteiger partial charge in [0.15, 0.2) is 12.9 Å². The maximum absolute atomic E-state index is 11.7. The lowest BCUT2D eigenvalue weighted by Gasteiger charge is -2.10. The first kappa shape index (κ1) is 15.6. The van der Waals surface area contributed by atoms with Gasteiger partial charge in [-0.1, -0.05) is 0 Å². The van der Waals surface area contributed by atoms with E-state index in [2.05, 4.69) is 5.32 Å². The van der Waals surface area contributed by atoms with Crippen LogP contribution in [0, 0.1) is 0 Å². The van der Waals surface area contributed by atoms with Crippen molar-refractivity contribution in [3.05, 3.63) is 47.9 Å². The smallest absolute Gasteiger partial charge is 0.258 e. The molecular formula is C16H17NO5. The van der Waals surface area contributed by atoms with Crippen molar-refractivity contribution < 1.29 is 23.5 Å². The van der Waals surface area contributed by atoms with Gasteiger partial charge in [-0.15, -0.1) is 0 Å². The molecule has 2 aromatic rings. The van der Waals surface area contributed by atoms with E-state index < -0.39 is 0 Å². The highest BCUT2D eigenvalue weighted by Crippen LogP contribution is 2.22. The van der Waals surface area contributed by atoms with E-state index in [1.165, 1.54) is 6.26 Å². The average Bonchev–Trinajstić information content (AvgIpc) is 3.05. The van der Waals surface area contributed by atoms with Gasteiger partial charge in [0.1, 0.15) is 17.3 Å². The van der Waals surface area contributed by atoms with Crippen molar-refractivity contribution >= 4 is 12.2 Å². The summed E-state index contributed by atoms with van der Waals surface area (Å²) in [6, 6.07) is 8.38. The Morgan fingerprint density at radius 1 is 1.32 bits per heavy atom. The average molecular weight is 303 g/mol. The number of rotatable bonds is 8. The zero-order valence-corrected chi connectivity index (χ0v) is 12.2. The second-order valence-electron chi connectivity index (χ2n) is 4.40. The molecule has 1 aromatic heterocycles. The number of amides is 1. The molecule has 0 aliphatic heterocycles. The first-order valence-corrected chi connectivity index (χ1v) is 6.87. The van der Waals surface area contributed by atoms with E-state index in [0.29, 0.717) is 42.3 Å². The number of carbonyl (C=O) groups excluding carboxylic acids is 2. The maximum atomic E-state index is 11.7. The van der Waals surface area contributed by atoms with Crippen LogP contribution >= 0.6 is 0 Å². The van der Waals surface area contributed by atoms with Crippen molar-refractivity contribution in [1.82, 2.24) is 5.32 Å². The molecule has 0 unspecified atom stereocenters. The van der Waals surface area contributed by atoms with Crippen LogP contribution in [0.3, 0.4) is 0 Å². The summed E-state index contributed by atoms with van der Waals surface area (Å²) in [6.07, 6.45) is 2.20. The number of hydrogen-bond acceptors (Lipinski definition) is 5. The highest BCUT2D eigenvalue weighted by molar-refractivity contribution is 5.81. The summed E-state index contributed by atoms with van der Waals surface area (Å²) in [7, 11) is 0. The van der Waals surface area contributed by atoms with Crippen LogP contribution in [0.4, 0.5) is 0 Å². The first-order valence-electron chi connectivity index (χ1n) is 6.87. The summed E-state index contributed by atoms with van der Waals surface area (Å²) in [5.74, 6) is 1.27. The van der Waals surface area contributed by atoms with Crippen LogP contribution in [-0.4, -0.2) is 25.4 Å².